The Labute approximate surface area is 205 Å². The standard InChI is InChI=1S/C26H20BrN3O2S/c1-17-7-13-20(14-8-17)29-24(31)22(16-28)26-30(21-5-3-2-4-6-21)25(32)23(33-26)15-18-9-11-19(27)12-10-18/h2-14,23H,15H2,1H3,(H,29,31)/b26-22-/t23-/m0/s1. The summed E-state index contributed by atoms with van der Waals surface area (Å²) in [4.78, 5) is 28.0. The molecule has 0 bridgehead atoms. The summed E-state index contributed by atoms with van der Waals surface area (Å²) in [5.41, 5.74) is 3.19. The van der Waals surface area contributed by atoms with Gasteiger partial charge in [-0.25, -0.2) is 0 Å². The fourth-order valence-electron chi connectivity index (χ4n) is 3.46. The molecule has 0 saturated carbocycles. The zero-order valence-corrected chi connectivity index (χ0v) is 20.2. The van der Waals surface area contributed by atoms with Gasteiger partial charge in [-0.1, -0.05) is 75.7 Å². The zero-order valence-electron chi connectivity index (χ0n) is 17.8. The van der Waals surface area contributed by atoms with E-state index in [0.29, 0.717) is 22.8 Å². The van der Waals surface area contributed by atoms with Gasteiger partial charge in [0.15, 0.2) is 0 Å². The van der Waals surface area contributed by atoms with Crippen molar-refractivity contribution < 1.29 is 9.59 Å². The van der Waals surface area contributed by atoms with E-state index in [1.54, 1.807) is 24.3 Å². The van der Waals surface area contributed by atoms with Gasteiger partial charge in [-0.05, 0) is 55.3 Å². The van der Waals surface area contributed by atoms with Crippen LogP contribution in [0.15, 0.2) is 93.9 Å². The van der Waals surface area contributed by atoms with E-state index < -0.39 is 11.2 Å². The highest BCUT2D eigenvalue weighted by atomic mass is 79.9. The van der Waals surface area contributed by atoms with Crippen LogP contribution in [-0.2, 0) is 16.0 Å². The van der Waals surface area contributed by atoms with Crippen LogP contribution in [0, 0.1) is 18.3 Å². The van der Waals surface area contributed by atoms with E-state index in [1.165, 1.54) is 16.7 Å². The highest BCUT2D eigenvalue weighted by Crippen LogP contribution is 2.42. The molecule has 33 heavy (non-hydrogen) atoms. The van der Waals surface area contributed by atoms with Gasteiger partial charge in [0, 0.05) is 15.8 Å². The summed E-state index contributed by atoms with van der Waals surface area (Å²) in [5.74, 6) is -0.693. The molecule has 3 aromatic carbocycles. The summed E-state index contributed by atoms with van der Waals surface area (Å²) in [6, 6.07) is 26.3. The fraction of sp³-hybridized carbons (Fsp3) is 0.115. The van der Waals surface area contributed by atoms with Crippen molar-refractivity contribution in [3.8, 4) is 6.07 Å². The first-order valence-corrected chi connectivity index (χ1v) is 12.0. The number of carbonyl (C=O) groups excluding carboxylic acids is 2. The third kappa shape index (κ3) is 5.19. The first-order chi connectivity index (χ1) is 16.0. The number of carbonyl (C=O) groups is 2. The lowest BCUT2D eigenvalue weighted by Gasteiger charge is -2.18. The van der Waals surface area contributed by atoms with Gasteiger partial charge >= 0.3 is 0 Å². The topological polar surface area (TPSA) is 73.2 Å². The van der Waals surface area contributed by atoms with E-state index in [0.717, 1.165) is 15.6 Å². The highest BCUT2D eigenvalue weighted by molar-refractivity contribution is 9.10. The van der Waals surface area contributed by atoms with E-state index in [-0.39, 0.29) is 11.5 Å². The van der Waals surface area contributed by atoms with Gasteiger partial charge in [0.25, 0.3) is 5.91 Å². The predicted molar refractivity (Wildman–Crippen MR) is 136 cm³/mol. The molecule has 0 spiro atoms. The number of nitrogens with one attached hydrogen (secondary N) is 1. The van der Waals surface area contributed by atoms with Crippen molar-refractivity contribution in [3.63, 3.8) is 0 Å². The number of thioether (sulfide) groups is 1. The third-order valence-electron chi connectivity index (χ3n) is 5.16. The number of anilines is 2. The molecule has 0 aliphatic carbocycles. The third-order valence-corrected chi connectivity index (χ3v) is 6.96. The summed E-state index contributed by atoms with van der Waals surface area (Å²) in [6.45, 7) is 1.96. The second kappa shape index (κ2) is 10.1. The Morgan fingerprint density at radius 3 is 2.36 bits per heavy atom. The van der Waals surface area contributed by atoms with Crippen molar-refractivity contribution >= 4 is 50.9 Å². The van der Waals surface area contributed by atoms with E-state index in [9.17, 15) is 14.9 Å². The first-order valence-electron chi connectivity index (χ1n) is 10.3. The number of nitriles is 1. The smallest absolute Gasteiger partial charge is 0.269 e. The summed E-state index contributed by atoms with van der Waals surface area (Å²) in [6.07, 6.45) is 0.488. The van der Waals surface area contributed by atoms with Crippen molar-refractivity contribution in [1.82, 2.24) is 0 Å². The maximum atomic E-state index is 13.4. The molecule has 1 saturated heterocycles. The number of hydrogen-bond donors (Lipinski definition) is 1. The maximum absolute atomic E-state index is 13.4. The van der Waals surface area contributed by atoms with Gasteiger partial charge in [0.1, 0.15) is 16.7 Å². The number of hydrogen-bond acceptors (Lipinski definition) is 4. The molecule has 7 heteroatoms. The molecule has 2 amide bonds. The zero-order chi connectivity index (χ0) is 23.4. The van der Waals surface area contributed by atoms with Gasteiger partial charge in [0.2, 0.25) is 5.91 Å². The molecular formula is C26H20BrN3O2S. The van der Waals surface area contributed by atoms with Crippen LogP contribution in [0.2, 0.25) is 0 Å². The Balaban J connectivity index is 1.70. The van der Waals surface area contributed by atoms with Crippen LogP contribution < -0.4 is 10.2 Å². The molecule has 1 aliphatic rings. The van der Waals surface area contributed by atoms with Gasteiger partial charge in [-0.2, -0.15) is 5.26 Å². The molecule has 1 aliphatic heterocycles. The number of para-hydroxylation sites is 1. The van der Waals surface area contributed by atoms with Gasteiger partial charge in [-0.3, -0.25) is 14.5 Å². The Morgan fingerprint density at radius 1 is 1.06 bits per heavy atom. The molecule has 3 aromatic rings. The average Bonchev–Trinajstić information content (AvgIpc) is 3.13. The normalized spacial score (nSPS) is 16.9. The fourth-order valence-corrected chi connectivity index (χ4v) is 5.04. The van der Waals surface area contributed by atoms with Crippen LogP contribution in [0.5, 0.6) is 0 Å². The van der Waals surface area contributed by atoms with Crippen LogP contribution in [0.3, 0.4) is 0 Å². The largest absolute Gasteiger partial charge is 0.321 e. The van der Waals surface area contributed by atoms with Crippen molar-refractivity contribution in [3.05, 3.63) is 105 Å². The second-order valence-corrected chi connectivity index (χ2v) is 9.67. The van der Waals surface area contributed by atoms with E-state index in [4.69, 9.17) is 0 Å². The molecule has 4 rings (SSSR count). The number of rotatable bonds is 5. The summed E-state index contributed by atoms with van der Waals surface area (Å²) in [7, 11) is 0. The lowest BCUT2D eigenvalue weighted by atomic mass is 10.1. The minimum Gasteiger partial charge on any atom is -0.321 e. The van der Waals surface area contributed by atoms with Gasteiger partial charge in [0.05, 0.1) is 5.25 Å². The first kappa shape index (κ1) is 22.8. The van der Waals surface area contributed by atoms with Crippen molar-refractivity contribution in [2.45, 2.75) is 18.6 Å². The highest BCUT2D eigenvalue weighted by Gasteiger charge is 2.40. The number of halogens is 1. The Kier molecular flexibility index (Phi) is 6.97. The lowest BCUT2D eigenvalue weighted by molar-refractivity contribution is -0.117. The van der Waals surface area contributed by atoms with Gasteiger partial charge < -0.3 is 5.32 Å². The Hall–Kier alpha value is -3.34. The molecule has 1 N–H and O–H groups in total. The molecule has 0 unspecified atom stereocenters. The molecule has 1 atom stereocenters. The quantitative estimate of drug-likeness (QED) is 0.341. The molecule has 0 aromatic heterocycles. The number of amides is 2. The van der Waals surface area contributed by atoms with Crippen LogP contribution in [0.1, 0.15) is 11.1 Å². The molecule has 164 valence electrons. The van der Waals surface area contributed by atoms with Crippen LogP contribution in [-0.4, -0.2) is 17.1 Å². The summed E-state index contributed by atoms with van der Waals surface area (Å²) < 4.78 is 0.961. The average molecular weight is 518 g/mol. The molecule has 1 heterocycles. The van der Waals surface area contributed by atoms with Crippen LogP contribution in [0.4, 0.5) is 11.4 Å². The number of benzene rings is 3. The van der Waals surface area contributed by atoms with Crippen molar-refractivity contribution in [1.29, 1.82) is 5.26 Å². The summed E-state index contributed by atoms with van der Waals surface area (Å²) in [5, 5.41) is 12.6. The SMILES string of the molecule is Cc1ccc(NC(=O)/C(C#N)=C2\S[C@@H](Cc3ccc(Br)cc3)C(=O)N2c2ccccc2)cc1. The Morgan fingerprint density at radius 2 is 1.73 bits per heavy atom. The molecule has 5 nitrogen and oxygen atoms in total. The van der Waals surface area contributed by atoms with Crippen molar-refractivity contribution in [2.75, 3.05) is 10.2 Å². The number of aryl methyl sites for hydroxylation is 1. The molecule has 0 radical (unpaired) electrons. The van der Waals surface area contributed by atoms with E-state index in [2.05, 4.69) is 21.2 Å². The van der Waals surface area contributed by atoms with E-state index in [1.807, 2.05) is 67.6 Å². The molecular weight excluding hydrogens is 498 g/mol. The second-order valence-electron chi connectivity index (χ2n) is 7.56. The predicted octanol–water partition coefficient (Wildman–Crippen LogP) is 5.82. The maximum Gasteiger partial charge on any atom is 0.269 e. The summed E-state index contributed by atoms with van der Waals surface area (Å²) >= 11 is 4.68. The van der Waals surface area contributed by atoms with E-state index >= 15 is 0 Å². The minimum atomic E-state index is -0.540. The number of nitrogens with zero attached hydrogens (tertiary/aromatic N) is 2. The Bertz CT molecular complexity index is 1250. The minimum absolute atomic E-state index is 0.0870. The van der Waals surface area contributed by atoms with Crippen LogP contribution in [0.25, 0.3) is 0 Å². The lowest BCUT2D eigenvalue weighted by Crippen LogP contribution is -2.30. The molecule has 1 fully saturated rings. The monoisotopic (exact) mass is 517 g/mol. The van der Waals surface area contributed by atoms with Gasteiger partial charge in [-0.15, -0.1) is 0 Å². The van der Waals surface area contributed by atoms with Crippen molar-refractivity contribution in [2.24, 2.45) is 0 Å². The van der Waals surface area contributed by atoms with Crippen LogP contribution >= 0.6 is 27.7 Å².